The van der Waals surface area contributed by atoms with Crippen LogP contribution in [0.15, 0.2) is 67.9 Å². The molecule has 6 nitrogen and oxygen atoms in total. The summed E-state index contributed by atoms with van der Waals surface area (Å²) in [5.41, 5.74) is 6.26. The molecule has 0 fully saturated rings. The van der Waals surface area contributed by atoms with Gasteiger partial charge >= 0.3 is 0 Å². The van der Waals surface area contributed by atoms with Crippen LogP contribution < -0.4 is 11.1 Å². The van der Waals surface area contributed by atoms with Gasteiger partial charge in [0.25, 0.3) is 11.1 Å². The minimum absolute atomic E-state index is 0.0124. The van der Waals surface area contributed by atoms with Crippen LogP contribution in [-0.2, 0) is 14.1 Å². The van der Waals surface area contributed by atoms with Gasteiger partial charge in [0.2, 0.25) is 0 Å². The van der Waals surface area contributed by atoms with E-state index in [9.17, 15) is 9.59 Å². The van der Waals surface area contributed by atoms with Crippen molar-refractivity contribution in [2.75, 3.05) is 12.5 Å². The van der Waals surface area contributed by atoms with Crippen molar-refractivity contribution in [2.45, 2.75) is 23.6 Å². The van der Waals surface area contributed by atoms with Crippen LogP contribution in [0, 0.1) is 13.8 Å². The van der Waals surface area contributed by atoms with Gasteiger partial charge in [-0.2, -0.15) is 0 Å². The molecule has 2 aromatic carbocycles. The monoisotopic (exact) mass is 468 g/mol. The molecule has 0 unspecified atom stereocenters. The molecule has 0 saturated carbocycles. The number of hydrogen-bond donors (Lipinski definition) is 2. The Bertz CT molecular complexity index is 1240. The quantitative estimate of drug-likeness (QED) is 0.421. The first-order chi connectivity index (χ1) is 15.2. The molecule has 32 heavy (non-hydrogen) atoms. The highest BCUT2D eigenvalue weighted by atomic mass is 32.2. The summed E-state index contributed by atoms with van der Waals surface area (Å²) in [6, 6.07) is 15.7. The molecule has 2 N–H and O–H groups in total. The Hall–Kier alpha value is -2.84. The van der Waals surface area contributed by atoms with E-state index < -0.39 is 0 Å². The van der Waals surface area contributed by atoms with Crippen LogP contribution in [0.5, 0.6) is 0 Å². The number of aromatic nitrogens is 4. The topological polar surface area (TPSA) is 75.6 Å². The van der Waals surface area contributed by atoms with Gasteiger partial charge in [-0.15, -0.1) is 23.5 Å². The first-order valence-electron chi connectivity index (χ1n) is 10.1. The number of nitrogens with zero attached hydrogens (tertiary/aromatic N) is 2. The highest BCUT2D eigenvalue weighted by Gasteiger charge is 2.06. The van der Waals surface area contributed by atoms with Crippen LogP contribution in [0.1, 0.15) is 11.1 Å². The summed E-state index contributed by atoms with van der Waals surface area (Å²) >= 11 is 3.46. The van der Waals surface area contributed by atoms with Crippen molar-refractivity contribution in [3.8, 4) is 22.5 Å². The van der Waals surface area contributed by atoms with E-state index in [-0.39, 0.29) is 11.1 Å². The largest absolute Gasteiger partial charge is 0.295 e. The molecule has 0 amide bonds. The third kappa shape index (κ3) is 5.31. The molecule has 4 rings (SSSR count). The van der Waals surface area contributed by atoms with Gasteiger partial charge in [0.05, 0.1) is 11.4 Å². The first kappa shape index (κ1) is 23.8. The Morgan fingerprint density at radius 2 is 1.03 bits per heavy atom. The number of aryl methyl sites for hydroxylation is 4. The van der Waals surface area contributed by atoms with E-state index >= 15 is 0 Å². The predicted molar refractivity (Wildman–Crippen MR) is 136 cm³/mol. The second kappa shape index (κ2) is 10.2. The average Bonchev–Trinajstić information content (AvgIpc) is 3.29. The summed E-state index contributed by atoms with van der Waals surface area (Å²) in [5, 5.41) is 6.05. The van der Waals surface area contributed by atoms with E-state index in [0.29, 0.717) is 0 Å². The Labute approximate surface area is 196 Å². The van der Waals surface area contributed by atoms with Crippen LogP contribution in [0.25, 0.3) is 22.5 Å². The fraction of sp³-hybridized carbons (Fsp3) is 0.250. The van der Waals surface area contributed by atoms with Crippen molar-refractivity contribution in [1.29, 1.82) is 0 Å². The third-order valence-corrected chi connectivity index (χ3v) is 6.98. The summed E-state index contributed by atoms with van der Waals surface area (Å²) in [4.78, 5) is 25.2. The van der Waals surface area contributed by atoms with Crippen LogP contribution in [0.4, 0.5) is 0 Å². The van der Waals surface area contributed by atoms with Crippen molar-refractivity contribution >= 4 is 23.5 Å². The molecule has 0 aliphatic carbocycles. The van der Waals surface area contributed by atoms with Gasteiger partial charge in [-0.1, -0.05) is 12.1 Å². The number of nitrogens with one attached hydrogen (secondary N) is 2. The summed E-state index contributed by atoms with van der Waals surface area (Å²) in [6.07, 6.45) is 4.12. The summed E-state index contributed by atoms with van der Waals surface area (Å²) in [5.74, 6) is 0. The highest BCUT2D eigenvalue weighted by molar-refractivity contribution is 7.98. The number of thioether (sulfide) groups is 2. The molecule has 0 aliphatic heterocycles. The second-order valence-corrected chi connectivity index (χ2v) is 9.20. The fourth-order valence-electron chi connectivity index (χ4n) is 3.36. The van der Waals surface area contributed by atoms with Crippen molar-refractivity contribution < 1.29 is 0 Å². The Balaban J connectivity index is 0.000000181. The molecule has 0 aliphatic rings. The predicted octanol–water partition coefficient (Wildman–Crippen LogP) is 4.82. The lowest BCUT2D eigenvalue weighted by molar-refractivity contribution is 0.742. The summed E-state index contributed by atoms with van der Waals surface area (Å²) in [7, 11) is 3.43. The Morgan fingerprint density at radius 1 is 0.656 bits per heavy atom. The van der Waals surface area contributed by atoms with E-state index in [1.54, 1.807) is 49.8 Å². The average molecular weight is 469 g/mol. The molecule has 0 radical (unpaired) electrons. The molecular weight excluding hydrogens is 440 g/mol. The zero-order chi connectivity index (χ0) is 23.4. The van der Waals surface area contributed by atoms with E-state index in [4.69, 9.17) is 0 Å². The number of H-pyrrole nitrogens is 2. The van der Waals surface area contributed by atoms with Gasteiger partial charge in [0, 0.05) is 36.0 Å². The van der Waals surface area contributed by atoms with Gasteiger partial charge < -0.3 is 0 Å². The number of rotatable bonds is 4. The van der Waals surface area contributed by atoms with E-state index in [0.717, 1.165) is 22.5 Å². The molecule has 0 spiro atoms. The molecule has 2 heterocycles. The fourth-order valence-corrected chi connectivity index (χ4v) is 4.53. The number of hydrogen-bond acceptors (Lipinski definition) is 4. The van der Waals surface area contributed by atoms with Crippen LogP contribution >= 0.6 is 23.5 Å². The normalized spacial score (nSPS) is 10.7. The maximum Gasteiger partial charge on any atom is 0.266 e. The van der Waals surface area contributed by atoms with Crippen molar-refractivity contribution in [2.24, 2.45) is 14.1 Å². The first-order valence-corrected chi connectivity index (χ1v) is 12.5. The standard InChI is InChI=1S/2C12H14N2OS/c2*1-8-6-9(4-5-11(8)16-3)10-7-12(15)14(2)13-10/h2*4-7,13H,1-3H3. The lowest BCUT2D eigenvalue weighted by atomic mass is 10.1. The molecule has 0 bridgehead atoms. The number of benzene rings is 2. The molecule has 0 atom stereocenters. The smallest absolute Gasteiger partial charge is 0.266 e. The molecule has 4 aromatic rings. The molecule has 8 heteroatoms. The van der Waals surface area contributed by atoms with Gasteiger partial charge in [-0.3, -0.25) is 29.2 Å². The Morgan fingerprint density at radius 3 is 1.28 bits per heavy atom. The van der Waals surface area contributed by atoms with Crippen LogP contribution in [-0.4, -0.2) is 32.1 Å². The minimum Gasteiger partial charge on any atom is -0.295 e. The van der Waals surface area contributed by atoms with E-state index in [1.165, 1.54) is 30.3 Å². The summed E-state index contributed by atoms with van der Waals surface area (Å²) in [6.45, 7) is 4.16. The maximum absolute atomic E-state index is 11.3. The lowest BCUT2D eigenvalue weighted by Gasteiger charge is -2.04. The molecule has 0 saturated heterocycles. The Kier molecular flexibility index (Phi) is 7.58. The van der Waals surface area contributed by atoms with Crippen molar-refractivity contribution in [3.63, 3.8) is 0 Å². The zero-order valence-corrected chi connectivity index (χ0v) is 20.8. The van der Waals surface area contributed by atoms with Crippen molar-refractivity contribution in [1.82, 2.24) is 19.6 Å². The van der Waals surface area contributed by atoms with E-state index in [2.05, 4.69) is 60.8 Å². The molecule has 2 aromatic heterocycles. The molecule has 168 valence electrons. The van der Waals surface area contributed by atoms with Gasteiger partial charge in [-0.05, 0) is 72.9 Å². The van der Waals surface area contributed by atoms with Gasteiger partial charge in [0.15, 0.2) is 0 Å². The van der Waals surface area contributed by atoms with Gasteiger partial charge in [0.1, 0.15) is 0 Å². The van der Waals surface area contributed by atoms with Crippen LogP contribution in [0.2, 0.25) is 0 Å². The minimum atomic E-state index is -0.0124. The third-order valence-electron chi connectivity index (χ3n) is 5.18. The zero-order valence-electron chi connectivity index (χ0n) is 19.1. The SMILES string of the molecule is CSc1ccc(-c2cc(=O)n(C)[nH]2)cc1C.CSc1ccc(-c2cc(=O)n(C)[nH]2)cc1C. The second-order valence-electron chi connectivity index (χ2n) is 7.50. The highest BCUT2D eigenvalue weighted by Crippen LogP contribution is 2.26. The maximum atomic E-state index is 11.3. The summed E-state index contributed by atoms with van der Waals surface area (Å²) < 4.78 is 2.96. The molecular formula is C24H28N4O2S2. The van der Waals surface area contributed by atoms with Crippen molar-refractivity contribution in [3.05, 3.63) is 80.4 Å². The van der Waals surface area contributed by atoms with E-state index in [1.807, 2.05) is 12.1 Å². The lowest BCUT2D eigenvalue weighted by Crippen LogP contribution is -2.09. The van der Waals surface area contributed by atoms with Gasteiger partial charge in [-0.25, -0.2) is 0 Å². The number of aromatic amines is 2. The van der Waals surface area contributed by atoms with Crippen LogP contribution in [0.3, 0.4) is 0 Å².